The van der Waals surface area contributed by atoms with Gasteiger partial charge in [0.05, 0.1) is 25.4 Å². The van der Waals surface area contributed by atoms with Crippen molar-refractivity contribution in [3.05, 3.63) is 29.8 Å². The standard InChI is InChI=1S/C23H31NO5S/c1-4-5-16(2)6-9-20-12-18(25)13-23(27,29-20)21-15-30-22(26)24(21)14-17-7-10-19(28-3)11-8-17/h7-8,10-11,16,18,20-21,25,27H,6,9,12-15H2,1-3H3/t16-,18+,20-,21-,23-/m1/s1. The van der Waals surface area contributed by atoms with Gasteiger partial charge in [-0.2, -0.15) is 0 Å². The molecule has 3 rings (SSSR count). The van der Waals surface area contributed by atoms with E-state index in [0.717, 1.165) is 17.7 Å². The first-order chi connectivity index (χ1) is 14.3. The number of aliphatic hydroxyl groups excluding tert-OH is 1. The lowest BCUT2D eigenvalue weighted by Gasteiger charge is -2.45. The summed E-state index contributed by atoms with van der Waals surface area (Å²) in [7, 11) is 1.61. The van der Waals surface area contributed by atoms with Crippen LogP contribution >= 0.6 is 11.8 Å². The summed E-state index contributed by atoms with van der Waals surface area (Å²) in [5.74, 6) is 5.90. The third-order valence-electron chi connectivity index (χ3n) is 5.75. The molecule has 0 aromatic heterocycles. The number of hydrogen-bond donors (Lipinski definition) is 2. The second-order valence-electron chi connectivity index (χ2n) is 8.12. The Hall–Kier alpha value is -1.72. The molecule has 2 saturated heterocycles. The molecule has 30 heavy (non-hydrogen) atoms. The summed E-state index contributed by atoms with van der Waals surface area (Å²) in [5.41, 5.74) is 0.945. The van der Waals surface area contributed by atoms with Crippen LogP contribution < -0.4 is 4.74 Å². The van der Waals surface area contributed by atoms with E-state index < -0.39 is 17.9 Å². The first kappa shape index (κ1) is 23.0. The summed E-state index contributed by atoms with van der Waals surface area (Å²) in [4.78, 5) is 14.2. The van der Waals surface area contributed by atoms with Gasteiger partial charge in [-0.05, 0) is 43.9 Å². The summed E-state index contributed by atoms with van der Waals surface area (Å²) in [6.07, 6.45) is 1.21. The van der Waals surface area contributed by atoms with Crippen LogP contribution in [0.1, 0.15) is 45.1 Å². The topological polar surface area (TPSA) is 79.2 Å². The molecule has 2 fully saturated rings. The lowest BCUT2D eigenvalue weighted by Crippen LogP contribution is -2.59. The number of thioether (sulfide) groups is 1. The average molecular weight is 434 g/mol. The summed E-state index contributed by atoms with van der Waals surface area (Å²) in [6, 6.07) is 7.01. The Morgan fingerprint density at radius 3 is 2.80 bits per heavy atom. The van der Waals surface area contributed by atoms with Crippen molar-refractivity contribution in [1.29, 1.82) is 0 Å². The second-order valence-corrected chi connectivity index (χ2v) is 9.09. The third-order valence-corrected chi connectivity index (χ3v) is 6.72. The van der Waals surface area contributed by atoms with E-state index in [-0.39, 0.29) is 23.7 Å². The van der Waals surface area contributed by atoms with Gasteiger partial charge in [0, 0.05) is 24.6 Å². The predicted octanol–water partition coefficient (Wildman–Crippen LogP) is 3.40. The van der Waals surface area contributed by atoms with Gasteiger partial charge in [-0.1, -0.05) is 30.8 Å². The molecular formula is C23H31NO5S. The molecule has 0 unspecified atom stereocenters. The number of benzene rings is 1. The highest BCUT2D eigenvalue weighted by Gasteiger charge is 2.51. The van der Waals surface area contributed by atoms with Gasteiger partial charge in [-0.25, -0.2) is 0 Å². The highest BCUT2D eigenvalue weighted by atomic mass is 32.2. The predicted molar refractivity (Wildman–Crippen MR) is 117 cm³/mol. The van der Waals surface area contributed by atoms with Crippen LogP contribution in [-0.4, -0.2) is 57.3 Å². The van der Waals surface area contributed by atoms with Gasteiger partial charge < -0.3 is 24.6 Å². The molecule has 6 nitrogen and oxygen atoms in total. The van der Waals surface area contributed by atoms with Crippen molar-refractivity contribution in [1.82, 2.24) is 4.90 Å². The molecule has 1 aromatic carbocycles. The van der Waals surface area contributed by atoms with Crippen LogP contribution in [0.3, 0.4) is 0 Å². The first-order valence-electron chi connectivity index (χ1n) is 10.4. The number of carbonyl (C=O) groups is 1. The van der Waals surface area contributed by atoms with E-state index in [2.05, 4.69) is 18.8 Å². The summed E-state index contributed by atoms with van der Waals surface area (Å²) in [6.45, 7) is 4.25. The minimum absolute atomic E-state index is 0.0868. The fraction of sp³-hybridized carbons (Fsp3) is 0.609. The number of aliphatic hydroxyl groups is 2. The van der Waals surface area contributed by atoms with Crippen LogP contribution in [0.5, 0.6) is 5.75 Å². The van der Waals surface area contributed by atoms with E-state index in [4.69, 9.17) is 9.47 Å². The molecule has 2 heterocycles. The molecule has 0 radical (unpaired) electrons. The number of amides is 1. The number of rotatable bonds is 7. The largest absolute Gasteiger partial charge is 0.497 e. The minimum Gasteiger partial charge on any atom is -0.497 e. The van der Waals surface area contributed by atoms with Crippen molar-refractivity contribution in [2.75, 3.05) is 12.9 Å². The molecular weight excluding hydrogens is 402 g/mol. The number of nitrogens with zero attached hydrogens (tertiary/aromatic N) is 1. The SMILES string of the molecule is CC#C[C@@H](C)CC[C@@H]1C[C@H](O)C[C@](O)([C@H]2CSC(=O)N2Cc2ccc(OC)cc2)O1. The fourth-order valence-electron chi connectivity index (χ4n) is 4.18. The smallest absolute Gasteiger partial charge is 0.282 e. The average Bonchev–Trinajstić information content (AvgIpc) is 3.08. The van der Waals surface area contributed by atoms with Crippen LogP contribution in [0.15, 0.2) is 24.3 Å². The quantitative estimate of drug-likeness (QED) is 0.642. The maximum Gasteiger partial charge on any atom is 0.282 e. The molecule has 2 aliphatic heterocycles. The number of ether oxygens (including phenoxy) is 2. The molecule has 0 saturated carbocycles. The Balaban J connectivity index is 1.71. The van der Waals surface area contributed by atoms with Crippen molar-refractivity contribution in [2.24, 2.45) is 5.92 Å². The van der Waals surface area contributed by atoms with Gasteiger partial charge in [0.2, 0.25) is 0 Å². The maximum atomic E-state index is 12.6. The van der Waals surface area contributed by atoms with E-state index in [1.807, 2.05) is 31.2 Å². The Morgan fingerprint density at radius 2 is 2.13 bits per heavy atom. The molecule has 0 spiro atoms. The summed E-state index contributed by atoms with van der Waals surface area (Å²) in [5, 5.41) is 21.8. The van der Waals surface area contributed by atoms with Crippen molar-refractivity contribution in [3.63, 3.8) is 0 Å². The summed E-state index contributed by atoms with van der Waals surface area (Å²) >= 11 is 1.18. The molecule has 164 valence electrons. The van der Waals surface area contributed by atoms with Crippen LogP contribution in [0.25, 0.3) is 0 Å². The van der Waals surface area contributed by atoms with Gasteiger partial charge in [0.25, 0.3) is 5.24 Å². The van der Waals surface area contributed by atoms with Crippen molar-refractivity contribution < 1.29 is 24.5 Å². The van der Waals surface area contributed by atoms with Crippen molar-refractivity contribution in [3.8, 4) is 17.6 Å². The van der Waals surface area contributed by atoms with E-state index in [0.29, 0.717) is 25.1 Å². The van der Waals surface area contributed by atoms with E-state index in [1.165, 1.54) is 11.8 Å². The van der Waals surface area contributed by atoms with Gasteiger partial charge in [0.1, 0.15) is 5.75 Å². The molecule has 5 atom stereocenters. The normalized spacial score (nSPS) is 30.0. The van der Waals surface area contributed by atoms with Crippen molar-refractivity contribution in [2.45, 2.75) is 70.1 Å². The van der Waals surface area contributed by atoms with E-state index in [1.54, 1.807) is 12.0 Å². The maximum absolute atomic E-state index is 12.6. The zero-order valence-corrected chi connectivity index (χ0v) is 18.7. The lowest BCUT2D eigenvalue weighted by atomic mass is 9.90. The second kappa shape index (κ2) is 10.1. The molecule has 1 aromatic rings. The van der Waals surface area contributed by atoms with Crippen LogP contribution in [-0.2, 0) is 11.3 Å². The van der Waals surface area contributed by atoms with Gasteiger partial charge >= 0.3 is 0 Å². The number of methoxy groups -OCH3 is 1. The Bertz CT molecular complexity index is 789. The lowest BCUT2D eigenvalue weighted by molar-refractivity contribution is -0.292. The molecule has 2 N–H and O–H groups in total. The zero-order valence-electron chi connectivity index (χ0n) is 17.8. The van der Waals surface area contributed by atoms with Crippen LogP contribution in [0, 0.1) is 17.8 Å². The van der Waals surface area contributed by atoms with Gasteiger partial charge in [0.15, 0.2) is 5.79 Å². The number of hydrogen-bond acceptors (Lipinski definition) is 6. The third kappa shape index (κ3) is 5.50. The molecule has 7 heteroatoms. The Kier molecular flexibility index (Phi) is 7.70. The Labute approximate surface area is 182 Å². The number of carbonyl (C=O) groups excluding carboxylic acids is 1. The molecule has 0 aliphatic carbocycles. The van der Waals surface area contributed by atoms with Crippen LogP contribution in [0.4, 0.5) is 4.79 Å². The molecule has 2 aliphatic rings. The highest BCUT2D eigenvalue weighted by molar-refractivity contribution is 8.13. The van der Waals surface area contributed by atoms with Gasteiger partial charge in [-0.15, -0.1) is 11.8 Å². The van der Waals surface area contributed by atoms with Crippen LogP contribution in [0.2, 0.25) is 0 Å². The summed E-state index contributed by atoms with van der Waals surface area (Å²) < 4.78 is 11.3. The van der Waals surface area contributed by atoms with Crippen molar-refractivity contribution >= 4 is 17.0 Å². The first-order valence-corrected chi connectivity index (χ1v) is 11.4. The fourth-order valence-corrected chi connectivity index (χ4v) is 5.28. The minimum atomic E-state index is -1.56. The zero-order chi connectivity index (χ0) is 21.7. The van der Waals surface area contributed by atoms with E-state index >= 15 is 0 Å². The highest BCUT2D eigenvalue weighted by Crippen LogP contribution is 2.40. The molecule has 1 amide bonds. The van der Waals surface area contributed by atoms with Gasteiger partial charge in [-0.3, -0.25) is 4.79 Å². The molecule has 0 bridgehead atoms. The monoisotopic (exact) mass is 433 g/mol. The van der Waals surface area contributed by atoms with E-state index in [9.17, 15) is 15.0 Å². The Morgan fingerprint density at radius 1 is 1.40 bits per heavy atom.